The zero-order valence-electron chi connectivity index (χ0n) is 11.7. The molecule has 1 atom stereocenters. The van der Waals surface area contributed by atoms with Crippen LogP contribution in [0.4, 0.5) is 0 Å². The van der Waals surface area contributed by atoms with E-state index < -0.39 is 10.0 Å². The van der Waals surface area contributed by atoms with E-state index in [9.17, 15) is 8.42 Å². The Morgan fingerprint density at radius 2 is 1.94 bits per heavy atom. The van der Waals surface area contributed by atoms with E-state index in [4.69, 9.17) is 5.73 Å². The molecule has 0 amide bonds. The van der Waals surface area contributed by atoms with Crippen LogP contribution in [0.25, 0.3) is 0 Å². The van der Waals surface area contributed by atoms with Crippen LogP contribution in [0.15, 0.2) is 17.2 Å². The van der Waals surface area contributed by atoms with Crippen LogP contribution in [-0.2, 0) is 23.6 Å². The van der Waals surface area contributed by atoms with Gasteiger partial charge in [-0.15, -0.1) is 0 Å². The van der Waals surface area contributed by atoms with Gasteiger partial charge in [0.25, 0.3) is 0 Å². The molecule has 0 aromatic carbocycles. The first kappa shape index (κ1) is 15.2. The maximum atomic E-state index is 12.4. The summed E-state index contributed by atoms with van der Waals surface area (Å²) in [6.07, 6.45) is 1.61. The lowest BCUT2D eigenvalue weighted by molar-refractivity contribution is 0.316. The van der Waals surface area contributed by atoms with E-state index in [1.54, 1.807) is 30.9 Å². The first-order chi connectivity index (χ1) is 8.21. The fraction of sp³-hybridized carbons (Fsp3) is 0.667. The molecule has 6 heteroatoms. The molecule has 104 valence electrons. The smallest absolute Gasteiger partial charge is 0.244 e. The molecule has 0 aliphatic heterocycles. The summed E-state index contributed by atoms with van der Waals surface area (Å²) in [5.41, 5.74) is 6.37. The number of nitrogens with two attached hydrogens (primary N) is 1. The van der Waals surface area contributed by atoms with E-state index in [0.29, 0.717) is 11.4 Å². The van der Waals surface area contributed by atoms with E-state index in [0.717, 1.165) is 5.69 Å². The highest BCUT2D eigenvalue weighted by Crippen LogP contribution is 2.21. The van der Waals surface area contributed by atoms with Crippen LogP contribution in [0.1, 0.15) is 26.5 Å². The van der Waals surface area contributed by atoms with Gasteiger partial charge in [0.1, 0.15) is 4.90 Å². The average Bonchev–Trinajstić information content (AvgIpc) is 2.68. The summed E-state index contributed by atoms with van der Waals surface area (Å²) in [4.78, 5) is 0.306. The van der Waals surface area contributed by atoms with Crippen LogP contribution < -0.4 is 5.73 Å². The third kappa shape index (κ3) is 2.76. The zero-order valence-corrected chi connectivity index (χ0v) is 12.5. The van der Waals surface area contributed by atoms with Crippen molar-refractivity contribution in [2.45, 2.75) is 38.3 Å². The molecule has 1 unspecified atom stereocenters. The lowest BCUT2D eigenvalue weighted by atomic mass is 10.1. The highest BCUT2D eigenvalue weighted by molar-refractivity contribution is 7.89. The van der Waals surface area contributed by atoms with E-state index in [1.165, 1.54) is 4.31 Å². The molecule has 1 aromatic rings. The first-order valence-electron chi connectivity index (χ1n) is 6.05. The standard InChI is InChI=1S/C12H23N3O2S/c1-9(2)10(3)15(5)18(16,17)12-6-11(7-13)14(4)8-12/h6,8-10H,7,13H2,1-5H3. The van der Waals surface area contributed by atoms with Crippen LogP contribution in [-0.4, -0.2) is 30.4 Å². The normalized spacial score (nSPS) is 14.4. The van der Waals surface area contributed by atoms with Gasteiger partial charge in [-0.25, -0.2) is 8.42 Å². The average molecular weight is 273 g/mol. The van der Waals surface area contributed by atoms with Gasteiger partial charge < -0.3 is 10.3 Å². The van der Waals surface area contributed by atoms with Gasteiger partial charge in [-0.3, -0.25) is 0 Å². The SMILES string of the molecule is CC(C)C(C)N(C)S(=O)(=O)c1cc(CN)n(C)c1. The van der Waals surface area contributed by atoms with Crippen molar-refractivity contribution in [3.63, 3.8) is 0 Å². The number of hydrogen-bond acceptors (Lipinski definition) is 3. The fourth-order valence-corrected chi connectivity index (χ4v) is 3.32. The molecule has 1 aromatic heterocycles. The van der Waals surface area contributed by atoms with Gasteiger partial charge in [-0.2, -0.15) is 4.31 Å². The number of aromatic nitrogens is 1. The Bertz CT molecular complexity index is 505. The Kier molecular flexibility index (Phi) is 4.58. The van der Waals surface area contributed by atoms with Crippen LogP contribution in [0.2, 0.25) is 0 Å². The second kappa shape index (κ2) is 5.42. The number of nitrogens with zero attached hydrogens (tertiary/aromatic N) is 2. The van der Waals surface area contributed by atoms with E-state index >= 15 is 0 Å². The molecule has 2 N–H and O–H groups in total. The third-order valence-electron chi connectivity index (χ3n) is 3.51. The minimum Gasteiger partial charge on any atom is -0.352 e. The quantitative estimate of drug-likeness (QED) is 0.875. The summed E-state index contributed by atoms with van der Waals surface area (Å²) in [6.45, 7) is 6.25. The van der Waals surface area contributed by atoms with Crippen molar-refractivity contribution in [2.24, 2.45) is 18.7 Å². The second-order valence-corrected chi connectivity index (χ2v) is 6.99. The largest absolute Gasteiger partial charge is 0.352 e. The summed E-state index contributed by atoms with van der Waals surface area (Å²) in [6, 6.07) is 1.59. The molecule has 0 aliphatic rings. The van der Waals surface area contributed by atoms with Gasteiger partial charge in [0.15, 0.2) is 0 Å². The molecule has 0 saturated carbocycles. The molecule has 1 rings (SSSR count). The van der Waals surface area contributed by atoms with Crippen molar-refractivity contribution in [3.05, 3.63) is 18.0 Å². The van der Waals surface area contributed by atoms with Crippen molar-refractivity contribution >= 4 is 10.0 Å². The summed E-state index contributed by atoms with van der Waals surface area (Å²) in [7, 11) is -0.0192. The highest BCUT2D eigenvalue weighted by atomic mass is 32.2. The Morgan fingerprint density at radius 1 is 1.39 bits per heavy atom. The zero-order chi connectivity index (χ0) is 14.1. The van der Waals surface area contributed by atoms with Crippen LogP contribution >= 0.6 is 0 Å². The van der Waals surface area contributed by atoms with Crippen molar-refractivity contribution in [1.29, 1.82) is 0 Å². The number of aryl methyl sites for hydroxylation is 1. The Morgan fingerprint density at radius 3 is 2.33 bits per heavy atom. The van der Waals surface area contributed by atoms with Crippen LogP contribution in [0, 0.1) is 5.92 Å². The number of hydrogen-bond donors (Lipinski definition) is 1. The third-order valence-corrected chi connectivity index (χ3v) is 5.42. The van der Waals surface area contributed by atoms with Crippen molar-refractivity contribution in [3.8, 4) is 0 Å². The van der Waals surface area contributed by atoms with Gasteiger partial charge in [0.2, 0.25) is 10.0 Å². The molecule has 18 heavy (non-hydrogen) atoms. The predicted molar refractivity (Wildman–Crippen MR) is 72.6 cm³/mol. The van der Waals surface area contributed by atoms with Gasteiger partial charge in [-0.1, -0.05) is 13.8 Å². The molecule has 0 saturated heterocycles. The molecule has 1 heterocycles. The topological polar surface area (TPSA) is 68.3 Å². The first-order valence-corrected chi connectivity index (χ1v) is 7.49. The Hall–Kier alpha value is -0.850. The summed E-state index contributed by atoms with van der Waals surface area (Å²) in [5, 5.41) is 0. The van der Waals surface area contributed by atoms with Crippen LogP contribution in [0.5, 0.6) is 0 Å². The predicted octanol–water partition coefficient (Wildman–Crippen LogP) is 1.15. The molecule has 0 aliphatic carbocycles. The monoisotopic (exact) mass is 273 g/mol. The summed E-state index contributed by atoms with van der Waals surface area (Å²) in [5.74, 6) is 0.266. The number of rotatable bonds is 5. The van der Waals surface area contributed by atoms with Crippen LogP contribution in [0.3, 0.4) is 0 Å². The lowest BCUT2D eigenvalue weighted by Gasteiger charge is -2.26. The minimum atomic E-state index is -3.44. The van der Waals surface area contributed by atoms with Crippen molar-refractivity contribution < 1.29 is 8.42 Å². The molecule has 0 fully saturated rings. The molecule has 0 spiro atoms. The van der Waals surface area contributed by atoms with E-state index in [-0.39, 0.29) is 12.0 Å². The summed E-state index contributed by atoms with van der Waals surface area (Å²) < 4.78 is 28.0. The molecular weight excluding hydrogens is 250 g/mol. The number of sulfonamides is 1. The molecular formula is C12H23N3O2S. The Labute approximate surface area is 110 Å². The fourth-order valence-electron chi connectivity index (χ4n) is 1.73. The van der Waals surface area contributed by atoms with Gasteiger partial charge in [-0.05, 0) is 18.9 Å². The Balaban J connectivity index is 3.13. The highest BCUT2D eigenvalue weighted by Gasteiger charge is 2.28. The van der Waals surface area contributed by atoms with Gasteiger partial charge in [0, 0.05) is 38.6 Å². The van der Waals surface area contributed by atoms with Crippen molar-refractivity contribution in [2.75, 3.05) is 7.05 Å². The molecule has 0 radical (unpaired) electrons. The maximum absolute atomic E-state index is 12.4. The minimum absolute atomic E-state index is 0.0449. The lowest BCUT2D eigenvalue weighted by Crippen LogP contribution is -2.38. The van der Waals surface area contributed by atoms with E-state index in [2.05, 4.69) is 0 Å². The van der Waals surface area contributed by atoms with Gasteiger partial charge in [0.05, 0.1) is 0 Å². The maximum Gasteiger partial charge on any atom is 0.244 e. The summed E-state index contributed by atoms with van der Waals surface area (Å²) >= 11 is 0. The van der Waals surface area contributed by atoms with Gasteiger partial charge >= 0.3 is 0 Å². The molecule has 0 bridgehead atoms. The molecule has 5 nitrogen and oxygen atoms in total. The van der Waals surface area contributed by atoms with Crippen molar-refractivity contribution in [1.82, 2.24) is 8.87 Å². The van der Waals surface area contributed by atoms with E-state index in [1.807, 2.05) is 20.8 Å². The second-order valence-electron chi connectivity index (χ2n) is 4.99.